The molecule has 0 aliphatic heterocycles. The summed E-state index contributed by atoms with van der Waals surface area (Å²) in [7, 11) is 0. The van der Waals surface area contributed by atoms with Gasteiger partial charge in [-0.2, -0.15) is 0 Å². The number of phenols is 1. The van der Waals surface area contributed by atoms with E-state index in [1.54, 1.807) is 19.1 Å². The van der Waals surface area contributed by atoms with E-state index in [9.17, 15) is 30.0 Å². The van der Waals surface area contributed by atoms with Crippen LogP contribution in [0.5, 0.6) is 5.75 Å². The van der Waals surface area contributed by atoms with Gasteiger partial charge in [-0.1, -0.05) is 12.1 Å². The zero-order valence-corrected chi connectivity index (χ0v) is 14.2. The largest absolute Gasteiger partial charge is 0.508 e. The average molecular weight is 366 g/mol. The van der Waals surface area contributed by atoms with Gasteiger partial charge in [0.15, 0.2) is 5.60 Å². The van der Waals surface area contributed by atoms with Crippen LogP contribution in [0.3, 0.4) is 0 Å². The molecule has 0 amide bonds. The summed E-state index contributed by atoms with van der Waals surface area (Å²) in [6.45, 7) is 1.61. The zero-order chi connectivity index (χ0) is 19.3. The average Bonchev–Trinajstić information content (AvgIpc) is 2.59. The summed E-state index contributed by atoms with van der Waals surface area (Å²) < 4.78 is 9.87. The molecule has 4 N–H and O–H groups in total. The van der Waals surface area contributed by atoms with E-state index in [1.165, 1.54) is 18.2 Å². The van der Waals surface area contributed by atoms with Gasteiger partial charge in [-0.3, -0.25) is 0 Å². The molecule has 0 heterocycles. The first-order chi connectivity index (χ1) is 12.2. The predicted molar refractivity (Wildman–Crippen MR) is 89.9 cm³/mol. The van der Waals surface area contributed by atoms with Crippen LogP contribution in [0.4, 0.5) is 0 Å². The van der Waals surface area contributed by atoms with Gasteiger partial charge in [0, 0.05) is 18.9 Å². The molecule has 1 saturated carbocycles. The maximum atomic E-state index is 12.0. The molecule has 1 aromatic carbocycles. The summed E-state index contributed by atoms with van der Waals surface area (Å²) in [5, 5.41) is 39.5. The molecule has 1 aliphatic carbocycles. The summed E-state index contributed by atoms with van der Waals surface area (Å²) in [5.74, 6) is -1.67. The molecule has 1 fully saturated rings. The molecule has 0 unspecified atom stereocenters. The molecule has 1 aromatic rings. The van der Waals surface area contributed by atoms with Crippen LogP contribution in [0.25, 0.3) is 6.08 Å². The smallest absolute Gasteiger partial charge is 0.338 e. The SMILES string of the molecule is CCOC(=O)[C@]1(O)C[C@@H](O)[C@@H](O)[C@H](OC(=O)C=Cc2ccc(O)cc2)C1. The normalized spacial score (nSPS) is 28.7. The number of aliphatic hydroxyl groups excluding tert-OH is 2. The Morgan fingerprint density at radius 1 is 1.23 bits per heavy atom. The van der Waals surface area contributed by atoms with Gasteiger partial charge in [0.1, 0.15) is 18.0 Å². The summed E-state index contributed by atoms with van der Waals surface area (Å²) in [4.78, 5) is 23.9. The fourth-order valence-corrected chi connectivity index (χ4v) is 2.73. The van der Waals surface area contributed by atoms with Gasteiger partial charge in [0.2, 0.25) is 0 Å². The Morgan fingerprint density at radius 2 is 1.88 bits per heavy atom. The molecule has 142 valence electrons. The monoisotopic (exact) mass is 366 g/mol. The number of carbonyl (C=O) groups is 2. The van der Waals surface area contributed by atoms with E-state index < -0.39 is 42.3 Å². The van der Waals surface area contributed by atoms with Crippen molar-refractivity contribution in [3.05, 3.63) is 35.9 Å². The van der Waals surface area contributed by atoms with Crippen LogP contribution in [0.15, 0.2) is 30.3 Å². The van der Waals surface area contributed by atoms with Crippen molar-refractivity contribution in [2.24, 2.45) is 0 Å². The number of ether oxygens (including phenoxy) is 2. The van der Waals surface area contributed by atoms with E-state index in [4.69, 9.17) is 9.47 Å². The predicted octanol–water partition coefficient (Wildman–Crippen LogP) is 0.127. The second-order valence-corrected chi connectivity index (χ2v) is 6.12. The third-order valence-electron chi connectivity index (χ3n) is 4.09. The first-order valence-electron chi connectivity index (χ1n) is 8.18. The fourth-order valence-electron chi connectivity index (χ4n) is 2.73. The fraction of sp³-hybridized carbons (Fsp3) is 0.444. The highest BCUT2D eigenvalue weighted by Gasteiger charge is 2.51. The second kappa shape index (κ2) is 8.31. The highest BCUT2D eigenvalue weighted by molar-refractivity contribution is 5.87. The lowest BCUT2D eigenvalue weighted by Gasteiger charge is -2.39. The minimum atomic E-state index is -2.04. The van der Waals surface area contributed by atoms with Gasteiger partial charge >= 0.3 is 11.9 Å². The van der Waals surface area contributed by atoms with E-state index in [2.05, 4.69) is 0 Å². The van der Waals surface area contributed by atoms with Crippen molar-refractivity contribution in [1.29, 1.82) is 0 Å². The van der Waals surface area contributed by atoms with Crippen LogP contribution >= 0.6 is 0 Å². The van der Waals surface area contributed by atoms with Gasteiger partial charge in [-0.25, -0.2) is 9.59 Å². The number of hydrogen-bond acceptors (Lipinski definition) is 8. The number of phenolic OH excluding ortho intramolecular Hbond substituents is 1. The lowest BCUT2D eigenvalue weighted by Crippen LogP contribution is -2.57. The number of hydrogen-bond donors (Lipinski definition) is 4. The Kier molecular flexibility index (Phi) is 6.36. The third-order valence-corrected chi connectivity index (χ3v) is 4.09. The molecule has 8 heteroatoms. The quantitative estimate of drug-likeness (QED) is 0.427. The second-order valence-electron chi connectivity index (χ2n) is 6.12. The molecule has 0 bridgehead atoms. The number of aromatic hydroxyl groups is 1. The van der Waals surface area contributed by atoms with Crippen LogP contribution in [0, 0.1) is 0 Å². The molecule has 0 radical (unpaired) electrons. The molecule has 4 atom stereocenters. The summed E-state index contributed by atoms with van der Waals surface area (Å²) in [5.41, 5.74) is -1.41. The number of aliphatic hydroxyl groups is 3. The number of esters is 2. The number of carbonyl (C=O) groups excluding carboxylic acids is 2. The Morgan fingerprint density at radius 3 is 2.50 bits per heavy atom. The summed E-state index contributed by atoms with van der Waals surface area (Å²) >= 11 is 0. The van der Waals surface area contributed by atoms with Crippen LogP contribution < -0.4 is 0 Å². The maximum Gasteiger partial charge on any atom is 0.338 e. The molecular formula is C18H22O8. The Balaban J connectivity index is 2.04. The maximum absolute atomic E-state index is 12.0. The molecule has 8 nitrogen and oxygen atoms in total. The van der Waals surface area contributed by atoms with Crippen LogP contribution in [-0.4, -0.2) is 62.9 Å². The van der Waals surface area contributed by atoms with Crippen molar-refractivity contribution in [3.8, 4) is 5.75 Å². The number of benzene rings is 1. The molecule has 0 saturated heterocycles. The van der Waals surface area contributed by atoms with Crippen LogP contribution in [0.1, 0.15) is 25.3 Å². The number of rotatable bonds is 5. The van der Waals surface area contributed by atoms with Crippen molar-refractivity contribution >= 4 is 18.0 Å². The zero-order valence-electron chi connectivity index (χ0n) is 14.2. The third kappa shape index (κ3) is 4.81. The van der Waals surface area contributed by atoms with E-state index in [-0.39, 0.29) is 18.8 Å². The topological polar surface area (TPSA) is 134 Å². The van der Waals surface area contributed by atoms with Crippen molar-refractivity contribution < 1.29 is 39.5 Å². The summed E-state index contributed by atoms with van der Waals surface area (Å²) in [6, 6.07) is 6.06. The van der Waals surface area contributed by atoms with Crippen molar-refractivity contribution in [1.82, 2.24) is 0 Å². The van der Waals surface area contributed by atoms with E-state index in [0.717, 1.165) is 6.08 Å². The lowest BCUT2D eigenvalue weighted by atomic mass is 9.79. The van der Waals surface area contributed by atoms with E-state index >= 15 is 0 Å². The highest BCUT2D eigenvalue weighted by atomic mass is 16.6. The van der Waals surface area contributed by atoms with Crippen LogP contribution in [-0.2, 0) is 19.1 Å². The first-order valence-corrected chi connectivity index (χ1v) is 8.18. The van der Waals surface area contributed by atoms with Crippen molar-refractivity contribution in [3.63, 3.8) is 0 Å². The molecule has 2 rings (SSSR count). The van der Waals surface area contributed by atoms with Gasteiger partial charge < -0.3 is 29.9 Å². The molecule has 0 aromatic heterocycles. The van der Waals surface area contributed by atoms with Crippen molar-refractivity contribution in [2.75, 3.05) is 6.61 Å². The van der Waals surface area contributed by atoms with Gasteiger partial charge in [-0.15, -0.1) is 0 Å². The summed E-state index contributed by atoms with van der Waals surface area (Å²) in [6.07, 6.45) is -2.42. The van der Waals surface area contributed by atoms with Crippen LogP contribution in [0.2, 0.25) is 0 Å². The van der Waals surface area contributed by atoms with Gasteiger partial charge in [0.05, 0.1) is 12.7 Å². The molecule has 0 spiro atoms. The van der Waals surface area contributed by atoms with Crippen molar-refractivity contribution in [2.45, 2.75) is 43.7 Å². The Hall–Kier alpha value is -2.42. The Labute approximate surface area is 150 Å². The van der Waals surface area contributed by atoms with Gasteiger partial charge in [-0.05, 0) is 30.7 Å². The first kappa shape index (κ1) is 19.9. The molecule has 1 aliphatic rings. The standard InChI is InChI=1S/C18H22O8/c1-2-25-17(23)18(24)9-13(20)16(22)14(10-18)26-15(21)8-5-11-3-6-12(19)7-4-11/h3-8,13-14,16,19-20,22,24H,2,9-10H2,1H3/t13-,14-,16-,18+/m1/s1. The molecule has 26 heavy (non-hydrogen) atoms. The minimum absolute atomic E-state index is 0.0413. The van der Waals surface area contributed by atoms with Gasteiger partial charge in [0.25, 0.3) is 0 Å². The van der Waals surface area contributed by atoms with E-state index in [0.29, 0.717) is 5.56 Å². The molecular weight excluding hydrogens is 344 g/mol. The Bertz CT molecular complexity index is 668. The van der Waals surface area contributed by atoms with E-state index in [1.807, 2.05) is 0 Å². The lowest BCUT2D eigenvalue weighted by molar-refractivity contribution is -0.199. The highest BCUT2D eigenvalue weighted by Crippen LogP contribution is 2.32. The minimum Gasteiger partial charge on any atom is -0.508 e.